The van der Waals surface area contributed by atoms with Gasteiger partial charge in [-0.15, -0.1) is 0 Å². The Hall–Kier alpha value is -1.16. The summed E-state index contributed by atoms with van der Waals surface area (Å²) in [6, 6.07) is 1.77. The lowest BCUT2D eigenvalue weighted by Gasteiger charge is -2.25. The summed E-state index contributed by atoms with van der Waals surface area (Å²) in [5.41, 5.74) is 1.16. The minimum Gasteiger partial charge on any atom is -0.317 e. The molecule has 3 rings (SSSR count). The maximum Gasteiger partial charge on any atom is 0.253 e. The Balaban J connectivity index is 1.80. The van der Waals surface area contributed by atoms with Crippen molar-refractivity contribution in [1.29, 1.82) is 0 Å². The molecule has 1 fully saturated rings. The van der Waals surface area contributed by atoms with Crippen molar-refractivity contribution in [1.82, 2.24) is 14.9 Å². The highest BCUT2D eigenvalue weighted by Gasteiger charge is 2.20. The van der Waals surface area contributed by atoms with Gasteiger partial charge in [0.15, 0.2) is 0 Å². The van der Waals surface area contributed by atoms with Crippen LogP contribution in [0.2, 0.25) is 0 Å². The molecule has 1 aromatic heterocycles. The molecule has 0 spiro atoms. The Kier molecular flexibility index (Phi) is 3.69. The second-order valence-electron chi connectivity index (χ2n) is 6.15. The third-order valence-electron chi connectivity index (χ3n) is 4.47. The summed E-state index contributed by atoms with van der Waals surface area (Å²) in [5, 5.41) is 3.38. The normalized spacial score (nSPS) is 24.2. The van der Waals surface area contributed by atoms with Crippen molar-refractivity contribution in [3.05, 3.63) is 27.9 Å². The van der Waals surface area contributed by atoms with Crippen molar-refractivity contribution in [2.24, 2.45) is 11.8 Å². The number of fused-ring (bicyclic) bond motifs is 1. The van der Waals surface area contributed by atoms with Gasteiger partial charge in [-0.1, -0.05) is 6.92 Å². The molecule has 3 heterocycles. The van der Waals surface area contributed by atoms with Gasteiger partial charge in [0.1, 0.15) is 5.82 Å². The lowest BCUT2D eigenvalue weighted by molar-refractivity contribution is 0.363. The van der Waals surface area contributed by atoms with E-state index in [1.54, 1.807) is 6.07 Å². The summed E-state index contributed by atoms with van der Waals surface area (Å²) in [7, 11) is 0. The highest BCUT2D eigenvalue weighted by Crippen LogP contribution is 2.19. The van der Waals surface area contributed by atoms with Crippen molar-refractivity contribution < 1.29 is 0 Å². The molecule has 2 aliphatic rings. The van der Waals surface area contributed by atoms with Gasteiger partial charge in [0, 0.05) is 24.7 Å². The average Bonchev–Trinajstić information content (AvgIpc) is 2.39. The van der Waals surface area contributed by atoms with Crippen LogP contribution in [0, 0.1) is 11.8 Å². The van der Waals surface area contributed by atoms with E-state index in [2.05, 4.69) is 12.2 Å². The Morgan fingerprint density at radius 2 is 2.16 bits per heavy atom. The topological polar surface area (TPSA) is 46.9 Å². The first-order chi connectivity index (χ1) is 9.22. The van der Waals surface area contributed by atoms with Crippen LogP contribution in [0.5, 0.6) is 0 Å². The third-order valence-corrected chi connectivity index (χ3v) is 4.47. The van der Waals surface area contributed by atoms with Gasteiger partial charge in [0.05, 0.1) is 0 Å². The van der Waals surface area contributed by atoms with E-state index in [9.17, 15) is 4.79 Å². The van der Waals surface area contributed by atoms with Crippen LogP contribution in [0.4, 0.5) is 0 Å². The van der Waals surface area contributed by atoms with Gasteiger partial charge in [0.25, 0.3) is 5.56 Å². The van der Waals surface area contributed by atoms with Crippen molar-refractivity contribution in [3.8, 4) is 0 Å². The monoisotopic (exact) mass is 261 g/mol. The van der Waals surface area contributed by atoms with E-state index >= 15 is 0 Å². The van der Waals surface area contributed by atoms with E-state index in [1.807, 2.05) is 4.57 Å². The Bertz CT molecular complexity index is 503. The van der Waals surface area contributed by atoms with E-state index in [1.165, 1.54) is 12.8 Å². The molecule has 104 valence electrons. The van der Waals surface area contributed by atoms with Crippen LogP contribution in [0.25, 0.3) is 0 Å². The number of nitrogens with one attached hydrogen (secondary N) is 1. The van der Waals surface area contributed by atoms with E-state index in [0.717, 1.165) is 50.4 Å². The molecule has 19 heavy (non-hydrogen) atoms. The standard InChI is InChI=1S/C15H23N3O/c1-11-4-7-18-14(8-11)17-13(10-15(18)19)9-12-2-5-16-6-3-12/h10-12,16H,2-9H2,1H3. The molecule has 0 bridgehead atoms. The van der Waals surface area contributed by atoms with Gasteiger partial charge in [-0.3, -0.25) is 9.36 Å². The first-order valence-corrected chi connectivity index (χ1v) is 7.52. The van der Waals surface area contributed by atoms with Crippen LogP contribution in [-0.2, 0) is 19.4 Å². The molecule has 0 amide bonds. The zero-order valence-corrected chi connectivity index (χ0v) is 11.7. The SMILES string of the molecule is CC1CCn2c(nc(CC3CCNCC3)cc2=O)C1. The maximum atomic E-state index is 12.1. The van der Waals surface area contributed by atoms with E-state index in [-0.39, 0.29) is 5.56 Å². The first kappa shape index (κ1) is 12.9. The van der Waals surface area contributed by atoms with Gasteiger partial charge < -0.3 is 5.32 Å². The number of nitrogens with zero attached hydrogens (tertiary/aromatic N) is 2. The van der Waals surface area contributed by atoms with Gasteiger partial charge in [-0.2, -0.15) is 0 Å². The van der Waals surface area contributed by atoms with Crippen LogP contribution in [0.15, 0.2) is 10.9 Å². The molecule has 1 N–H and O–H groups in total. The van der Waals surface area contributed by atoms with Gasteiger partial charge in [-0.05, 0) is 50.6 Å². The summed E-state index contributed by atoms with van der Waals surface area (Å²) < 4.78 is 1.87. The van der Waals surface area contributed by atoms with Crippen LogP contribution < -0.4 is 10.9 Å². The number of rotatable bonds is 2. The maximum absolute atomic E-state index is 12.1. The van der Waals surface area contributed by atoms with E-state index in [0.29, 0.717) is 11.8 Å². The zero-order valence-electron chi connectivity index (χ0n) is 11.7. The highest BCUT2D eigenvalue weighted by molar-refractivity contribution is 5.08. The average molecular weight is 261 g/mol. The minimum absolute atomic E-state index is 0.154. The largest absolute Gasteiger partial charge is 0.317 e. The molecular weight excluding hydrogens is 238 g/mol. The molecule has 1 unspecified atom stereocenters. The summed E-state index contributed by atoms with van der Waals surface area (Å²) in [6.07, 6.45) is 5.43. The summed E-state index contributed by atoms with van der Waals surface area (Å²) in [6.45, 7) is 5.29. The Labute approximate surface area is 114 Å². The smallest absolute Gasteiger partial charge is 0.253 e. The van der Waals surface area contributed by atoms with Gasteiger partial charge in [0.2, 0.25) is 0 Å². The van der Waals surface area contributed by atoms with Crippen molar-refractivity contribution in [2.75, 3.05) is 13.1 Å². The molecule has 0 saturated carbocycles. The quantitative estimate of drug-likeness (QED) is 0.874. The zero-order chi connectivity index (χ0) is 13.2. The second kappa shape index (κ2) is 5.45. The Morgan fingerprint density at radius 3 is 2.95 bits per heavy atom. The van der Waals surface area contributed by atoms with Crippen molar-refractivity contribution in [2.45, 2.75) is 45.6 Å². The van der Waals surface area contributed by atoms with Crippen LogP contribution in [-0.4, -0.2) is 22.6 Å². The fourth-order valence-electron chi connectivity index (χ4n) is 3.25. The Morgan fingerprint density at radius 1 is 1.37 bits per heavy atom. The molecule has 0 aliphatic carbocycles. The second-order valence-corrected chi connectivity index (χ2v) is 6.15. The predicted molar refractivity (Wildman–Crippen MR) is 75.3 cm³/mol. The van der Waals surface area contributed by atoms with Crippen LogP contribution >= 0.6 is 0 Å². The molecular formula is C15H23N3O. The molecule has 4 heteroatoms. The summed E-state index contributed by atoms with van der Waals surface area (Å²) >= 11 is 0. The van der Waals surface area contributed by atoms with Gasteiger partial charge >= 0.3 is 0 Å². The predicted octanol–water partition coefficient (Wildman–Crippen LogP) is 1.37. The lowest BCUT2D eigenvalue weighted by Crippen LogP contribution is -2.32. The molecule has 4 nitrogen and oxygen atoms in total. The van der Waals surface area contributed by atoms with Crippen LogP contribution in [0.3, 0.4) is 0 Å². The molecule has 1 aromatic rings. The van der Waals surface area contributed by atoms with Gasteiger partial charge in [-0.25, -0.2) is 4.98 Å². The fraction of sp³-hybridized carbons (Fsp3) is 0.733. The molecule has 1 atom stereocenters. The number of hydrogen-bond acceptors (Lipinski definition) is 3. The summed E-state index contributed by atoms with van der Waals surface area (Å²) in [4.78, 5) is 16.9. The summed E-state index contributed by atoms with van der Waals surface area (Å²) in [5.74, 6) is 2.36. The minimum atomic E-state index is 0.154. The van der Waals surface area contributed by atoms with Crippen LogP contribution in [0.1, 0.15) is 37.7 Å². The van der Waals surface area contributed by atoms with Crippen molar-refractivity contribution in [3.63, 3.8) is 0 Å². The fourth-order valence-corrected chi connectivity index (χ4v) is 3.25. The third kappa shape index (κ3) is 2.89. The van der Waals surface area contributed by atoms with E-state index in [4.69, 9.17) is 4.98 Å². The molecule has 2 aliphatic heterocycles. The van der Waals surface area contributed by atoms with Crippen molar-refractivity contribution >= 4 is 0 Å². The number of aromatic nitrogens is 2. The molecule has 0 radical (unpaired) electrons. The first-order valence-electron chi connectivity index (χ1n) is 7.52. The van der Waals surface area contributed by atoms with E-state index < -0.39 is 0 Å². The molecule has 0 aromatic carbocycles. The number of hydrogen-bond donors (Lipinski definition) is 1. The lowest BCUT2D eigenvalue weighted by atomic mass is 9.93. The number of piperidine rings is 1. The highest BCUT2D eigenvalue weighted by atomic mass is 16.1. The molecule has 1 saturated heterocycles.